The van der Waals surface area contributed by atoms with Crippen LogP contribution < -0.4 is 20.4 Å². The summed E-state index contributed by atoms with van der Waals surface area (Å²) in [6.07, 6.45) is 2.49. The summed E-state index contributed by atoms with van der Waals surface area (Å²) in [7, 11) is 1.46. The number of hydrazine groups is 1. The molecule has 4 aliphatic rings. The van der Waals surface area contributed by atoms with Crippen molar-refractivity contribution in [2.75, 3.05) is 22.8 Å². The number of phenols is 1. The molecular formula is C46H40N4O6. The number of aryl methyl sites for hydroxylation is 1. The van der Waals surface area contributed by atoms with Gasteiger partial charge in [-0.3, -0.25) is 29.5 Å². The third kappa shape index (κ3) is 5.38. The zero-order valence-electron chi connectivity index (χ0n) is 30.9. The van der Waals surface area contributed by atoms with Crippen molar-refractivity contribution >= 4 is 46.4 Å². The van der Waals surface area contributed by atoms with Gasteiger partial charge in [-0.2, -0.15) is 5.01 Å². The molecular weight excluding hydrogens is 705 g/mol. The van der Waals surface area contributed by atoms with Gasteiger partial charge in [0.1, 0.15) is 0 Å². The summed E-state index contributed by atoms with van der Waals surface area (Å²) in [5, 5.41) is 15.2. The summed E-state index contributed by atoms with van der Waals surface area (Å²) < 4.78 is 5.57. The van der Waals surface area contributed by atoms with Crippen LogP contribution in [0, 0.1) is 30.6 Å². The van der Waals surface area contributed by atoms with Crippen molar-refractivity contribution < 1.29 is 29.0 Å². The molecule has 0 spiro atoms. The first-order chi connectivity index (χ1) is 27.2. The highest BCUT2D eigenvalue weighted by molar-refractivity contribution is 6.22. The molecule has 3 N–H and O–H groups in total. The molecule has 0 unspecified atom stereocenters. The Morgan fingerprint density at radius 3 is 2.09 bits per heavy atom. The topological polar surface area (TPSA) is 128 Å². The number of methoxy groups -OCH3 is 1. The summed E-state index contributed by atoms with van der Waals surface area (Å²) in [6.45, 7) is 1.96. The molecule has 3 fully saturated rings. The zero-order valence-corrected chi connectivity index (χ0v) is 30.9. The average Bonchev–Trinajstić information content (AvgIpc) is 3.60. The van der Waals surface area contributed by atoms with Crippen LogP contribution in [-0.2, 0) is 24.6 Å². The zero-order chi connectivity index (χ0) is 38.7. The van der Waals surface area contributed by atoms with E-state index >= 15 is 4.79 Å². The molecule has 56 heavy (non-hydrogen) atoms. The number of imide groups is 2. The molecule has 5 aromatic carbocycles. The van der Waals surface area contributed by atoms with Crippen molar-refractivity contribution in [1.82, 2.24) is 5.01 Å². The predicted molar refractivity (Wildman–Crippen MR) is 212 cm³/mol. The molecule has 2 aliphatic carbocycles. The highest BCUT2D eigenvalue weighted by Crippen LogP contribution is 2.64. The minimum absolute atomic E-state index is 0.0692. The molecule has 5 aromatic rings. The Morgan fingerprint density at radius 2 is 1.39 bits per heavy atom. The van der Waals surface area contributed by atoms with Crippen molar-refractivity contribution in [3.8, 4) is 11.5 Å². The van der Waals surface area contributed by atoms with Gasteiger partial charge in [0.2, 0.25) is 11.8 Å². The molecule has 0 bridgehead atoms. The number of ether oxygens (including phenoxy) is 1. The quantitative estimate of drug-likeness (QED) is 0.109. The number of amides is 4. The van der Waals surface area contributed by atoms with Gasteiger partial charge >= 0.3 is 0 Å². The number of nitrogens with one attached hydrogen (secondary N) is 2. The first-order valence-electron chi connectivity index (χ1n) is 18.8. The maximum Gasteiger partial charge on any atom is 0.260 e. The predicted octanol–water partition coefficient (Wildman–Crippen LogP) is 7.64. The van der Waals surface area contributed by atoms with E-state index in [4.69, 9.17) is 4.74 Å². The largest absolute Gasteiger partial charge is 0.504 e. The van der Waals surface area contributed by atoms with E-state index < -0.39 is 46.8 Å². The minimum Gasteiger partial charge on any atom is -0.504 e. The van der Waals surface area contributed by atoms with Crippen LogP contribution in [0.3, 0.4) is 0 Å². The van der Waals surface area contributed by atoms with Gasteiger partial charge in [-0.15, -0.1) is 0 Å². The molecule has 10 nitrogen and oxygen atoms in total. The van der Waals surface area contributed by atoms with Gasteiger partial charge in [0.15, 0.2) is 11.5 Å². The number of carbonyl (C=O) groups excluding carboxylic acids is 4. The summed E-state index contributed by atoms with van der Waals surface area (Å²) in [5.74, 6) is -4.84. The summed E-state index contributed by atoms with van der Waals surface area (Å²) >= 11 is 0. The Balaban J connectivity index is 1.15. The number of nitrogens with zero attached hydrogens (tertiary/aromatic N) is 2. The Hall–Kier alpha value is -6.68. The van der Waals surface area contributed by atoms with Crippen LogP contribution in [0.1, 0.15) is 35.4 Å². The Kier molecular flexibility index (Phi) is 8.49. The van der Waals surface area contributed by atoms with E-state index in [0.29, 0.717) is 28.9 Å². The number of fused-ring (bicyclic) bond motifs is 4. The summed E-state index contributed by atoms with van der Waals surface area (Å²) in [6, 6.07) is 38.8. The molecule has 0 radical (unpaired) electrons. The van der Waals surface area contributed by atoms with Gasteiger partial charge in [0.25, 0.3) is 11.8 Å². The molecule has 0 aromatic heterocycles. The lowest BCUT2D eigenvalue weighted by Crippen LogP contribution is -2.53. The van der Waals surface area contributed by atoms with E-state index in [1.54, 1.807) is 24.3 Å². The fourth-order valence-electron chi connectivity index (χ4n) is 9.63. The van der Waals surface area contributed by atoms with E-state index in [9.17, 15) is 19.5 Å². The van der Waals surface area contributed by atoms with Gasteiger partial charge in [-0.1, -0.05) is 83.9 Å². The van der Waals surface area contributed by atoms with Crippen LogP contribution in [0.15, 0.2) is 139 Å². The molecule has 280 valence electrons. The number of carbonyl (C=O) groups is 4. The van der Waals surface area contributed by atoms with Crippen molar-refractivity contribution in [3.05, 3.63) is 156 Å². The summed E-state index contributed by atoms with van der Waals surface area (Å²) in [4.78, 5) is 60.5. The molecule has 10 heteroatoms. The maximum absolute atomic E-state index is 15.3. The first kappa shape index (κ1) is 35.0. The third-order valence-electron chi connectivity index (χ3n) is 12.1. The van der Waals surface area contributed by atoms with Gasteiger partial charge in [0, 0.05) is 17.3 Å². The molecule has 4 amide bonds. The van der Waals surface area contributed by atoms with Crippen molar-refractivity contribution in [1.29, 1.82) is 0 Å². The third-order valence-corrected chi connectivity index (χ3v) is 12.1. The van der Waals surface area contributed by atoms with Gasteiger partial charge in [-0.25, -0.2) is 0 Å². The summed E-state index contributed by atoms with van der Waals surface area (Å²) in [5.41, 5.74) is 7.64. The number of rotatable bonds is 8. The second kappa shape index (κ2) is 13.6. The lowest BCUT2D eigenvalue weighted by Gasteiger charge is -2.50. The van der Waals surface area contributed by atoms with E-state index in [2.05, 4.69) is 10.7 Å². The number of benzene rings is 5. The first-order valence-corrected chi connectivity index (χ1v) is 18.8. The highest BCUT2D eigenvalue weighted by Gasteiger charge is 2.70. The van der Waals surface area contributed by atoms with Gasteiger partial charge in [-0.05, 0) is 97.5 Å². The molecule has 2 heterocycles. The average molecular weight is 745 g/mol. The number of allylic oxidation sites excluding steroid dienone is 2. The minimum atomic E-state index is -1.43. The molecule has 9 rings (SSSR count). The monoisotopic (exact) mass is 744 g/mol. The van der Waals surface area contributed by atoms with Crippen LogP contribution in [0.25, 0.3) is 0 Å². The smallest absolute Gasteiger partial charge is 0.260 e. The van der Waals surface area contributed by atoms with Crippen LogP contribution in [-0.4, -0.2) is 40.9 Å². The number of aromatic hydroxyl groups is 1. The van der Waals surface area contributed by atoms with Crippen molar-refractivity contribution in [2.45, 2.75) is 31.1 Å². The van der Waals surface area contributed by atoms with Gasteiger partial charge < -0.3 is 15.2 Å². The Labute approximate surface area is 324 Å². The molecule has 1 saturated carbocycles. The number of hydrogen-bond donors (Lipinski definition) is 3. The Morgan fingerprint density at radius 1 is 0.732 bits per heavy atom. The maximum atomic E-state index is 15.3. The second-order valence-corrected chi connectivity index (χ2v) is 15.1. The van der Waals surface area contributed by atoms with E-state index in [1.165, 1.54) is 18.1 Å². The number of hydrogen-bond acceptors (Lipinski definition) is 8. The van der Waals surface area contributed by atoms with Crippen LogP contribution in [0.4, 0.5) is 22.7 Å². The van der Waals surface area contributed by atoms with Crippen LogP contribution >= 0.6 is 0 Å². The van der Waals surface area contributed by atoms with E-state index in [1.807, 2.05) is 110 Å². The standard InChI is InChI=1S/C46H40N4O6/c1-27-13-16-32(17-14-27)48-50-43(53)37-26-36-34(41(28-15-24-38(51)39(25-28)56-2)46(37,45(50)55)29-9-5-3-6-10-29)22-23-35-40(36)44(54)49(42(35)52)33-20-18-31(19-21-33)47-30-11-7-4-8-12-30/h3-22,24-25,35-37,40-41,47-48,51H,23,26H2,1-2H3/t35-,36+,37-,40-,41-,46+/m0/s1. The van der Waals surface area contributed by atoms with Crippen LogP contribution in [0.5, 0.6) is 11.5 Å². The van der Waals surface area contributed by atoms with Crippen molar-refractivity contribution in [2.24, 2.45) is 23.7 Å². The Bertz CT molecular complexity index is 2400. The number of anilines is 4. The van der Waals surface area contributed by atoms with E-state index in [-0.39, 0.29) is 29.7 Å². The van der Waals surface area contributed by atoms with Crippen molar-refractivity contribution in [3.63, 3.8) is 0 Å². The number of para-hydroxylation sites is 1. The molecule has 2 aliphatic heterocycles. The fraction of sp³-hybridized carbons (Fsp3) is 0.217. The highest BCUT2D eigenvalue weighted by atomic mass is 16.5. The normalized spacial score (nSPS) is 25.3. The van der Waals surface area contributed by atoms with E-state index in [0.717, 1.165) is 27.5 Å². The second-order valence-electron chi connectivity index (χ2n) is 15.1. The van der Waals surface area contributed by atoms with Gasteiger partial charge in [0.05, 0.1) is 41.7 Å². The lowest BCUT2D eigenvalue weighted by atomic mass is 9.49. The molecule has 6 atom stereocenters. The van der Waals surface area contributed by atoms with Crippen LogP contribution in [0.2, 0.25) is 0 Å². The fourth-order valence-corrected chi connectivity index (χ4v) is 9.63. The SMILES string of the molecule is COc1cc([C@H]2C3=CC[C@@H]4C(=O)N(c5ccc(Nc6ccccc6)cc5)C(=O)[C@@H]4[C@@H]3C[C@H]3C(=O)N(Nc4ccc(C)cc4)C(=O)[C@@]23c2ccccc2)ccc1O. The molecule has 2 saturated heterocycles. The number of phenolic OH excluding ortho intramolecular Hbond substituents is 1. The lowest BCUT2D eigenvalue weighted by molar-refractivity contribution is -0.138.